The van der Waals surface area contributed by atoms with Gasteiger partial charge in [-0.25, -0.2) is 4.98 Å². The van der Waals surface area contributed by atoms with Gasteiger partial charge >= 0.3 is 0 Å². The second-order valence-corrected chi connectivity index (χ2v) is 4.26. The van der Waals surface area contributed by atoms with Gasteiger partial charge in [0, 0.05) is 5.56 Å². The van der Waals surface area contributed by atoms with Gasteiger partial charge in [0.15, 0.2) is 0 Å². The Labute approximate surface area is 121 Å². The quantitative estimate of drug-likeness (QED) is 0.544. The maximum atomic E-state index is 5.39. The van der Waals surface area contributed by atoms with Crippen molar-refractivity contribution in [3.8, 4) is 11.6 Å². The molecule has 3 aromatic rings. The first kappa shape index (κ1) is 13.1. The first-order valence-electron chi connectivity index (χ1n) is 6.41. The standard InChI is InChI=1S/C16H13N3O2/c1-20-15-9-5-2-6-12(15)10-19-21-16-13-7-3-4-8-14(13)17-11-18-16/h2-11H,1H3/b19-10+. The fourth-order valence-electron chi connectivity index (χ4n) is 1.96. The molecule has 0 spiro atoms. The molecule has 1 aromatic heterocycles. The van der Waals surface area contributed by atoms with E-state index >= 15 is 0 Å². The molecule has 104 valence electrons. The summed E-state index contributed by atoms with van der Waals surface area (Å²) in [6, 6.07) is 15.2. The van der Waals surface area contributed by atoms with Gasteiger partial charge in [-0.3, -0.25) is 0 Å². The largest absolute Gasteiger partial charge is 0.496 e. The lowest BCUT2D eigenvalue weighted by molar-refractivity contribution is 0.334. The van der Waals surface area contributed by atoms with Crippen LogP contribution in [0.5, 0.6) is 11.6 Å². The van der Waals surface area contributed by atoms with Crippen molar-refractivity contribution < 1.29 is 9.57 Å². The molecule has 0 aliphatic rings. The third-order valence-corrected chi connectivity index (χ3v) is 2.98. The van der Waals surface area contributed by atoms with Crippen LogP contribution in [0.3, 0.4) is 0 Å². The summed E-state index contributed by atoms with van der Waals surface area (Å²) >= 11 is 0. The zero-order valence-corrected chi connectivity index (χ0v) is 11.4. The van der Waals surface area contributed by atoms with Crippen LogP contribution >= 0.6 is 0 Å². The van der Waals surface area contributed by atoms with E-state index < -0.39 is 0 Å². The van der Waals surface area contributed by atoms with Crippen LogP contribution in [0.25, 0.3) is 10.9 Å². The summed E-state index contributed by atoms with van der Waals surface area (Å²) in [6.07, 6.45) is 3.05. The highest BCUT2D eigenvalue weighted by molar-refractivity contribution is 5.84. The molecule has 0 aliphatic carbocycles. The predicted molar refractivity (Wildman–Crippen MR) is 80.8 cm³/mol. The maximum absolute atomic E-state index is 5.39. The zero-order valence-electron chi connectivity index (χ0n) is 11.4. The minimum absolute atomic E-state index is 0.423. The number of hydrogen-bond acceptors (Lipinski definition) is 5. The highest BCUT2D eigenvalue weighted by Gasteiger charge is 2.03. The SMILES string of the molecule is COc1ccccc1/C=N/Oc1ncnc2ccccc12. The number of nitrogens with zero attached hydrogens (tertiary/aromatic N) is 3. The number of methoxy groups -OCH3 is 1. The normalized spacial score (nSPS) is 10.9. The molecule has 0 bridgehead atoms. The second-order valence-electron chi connectivity index (χ2n) is 4.26. The Kier molecular flexibility index (Phi) is 3.73. The van der Waals surface area contributed by atoms with E-state index in [1.807, 2.05) is 48.5 Å². The lowest BCUT2D eigenvalue weighted by Crippen LogP contribution is -1.94. The van der Waals surface area contributed by atoms with Crippen LogP contribution in [-0.2, 0) is 0 Å². The molecule has 5 heteroatoms. The van der Waals surface area contributed by atoms with Gasteiger partial charge in [0.05, 0.1) is 24.2 Å². The van der Waals surface area contributed by atoms with Gasteiger partial charge in [-0.15, -0.1) is 0 Å². The van der Waals surface area contributed by atoms with E-state index in [1.165, 1.54) is 6.33 Å². The van der Waals surface area contributed by atoms with Gasteiger partial charge in [0.2, 0.25) is 0 Å². The predicted octanol–water partition coefficient (Wildman–Crippen LogP) is 3.05. The van der Waals surface area contributed by atoms with Crippen LogP contribution in [0.2, 0.25) is 0 Å². The fourth-order valence-corrected chi connectivity index (χ4v) is 1.96. The Morgan fingerprint density at radius 3 is 2.71 bits per heavy atom. The summed E-state index contributed by atoms with van der Waals surface area (Å²) in [4.78, 5) is 13.7. The Morgan fingerprint density at radius 2 is 1.81 bits per heavy atom. The molecule has 0 atom stereocenters. The molecule has 1 heterocycles. The van der Waals surface area contributed by atoms with Crippen molar-refractivity contribution in [2.45, 2.75) is 0 Å². The first-order valence-corrected chi connectivity index (χ1v) is 6.41. The van der Waals surface area contributed by atoms with Crippen LogP contribution in [0.1, 0.15) is 5.56 Å². The van der Waals surface area contributed by atoms with Gasteiger partial charge in [0.25, 0.3) is 5.88 Å². The summed E-state index contributed by atoms with van der Waals surface area (Å²) in [7, 11) is 1.62. The summed E-state index contributed by atoms with van der Waals surface area (Å²) in [6.45, 7) is 0. The van der Waals surface area contributed by atoms with Crippen molar-refractivity contribution in [1.29, 1.82) is 0 Å². The van der Waals surface area contributed by atoms with E-state index in [-0.39, 0.29) is 0 Å². The third kappa shape index (κ3) is 2.81. The van der Waals surface area contributed by atoms with Gasteiger partial charge in [-0.05, 0) is 24.3 Å². The minimum atomic E-state index is 0.423. The number of fused-ring (bicyclic) bond motifs is 1. The Bertz CT molecular complexity index is 782. The molecule has 0 unspecified atom stereocenters. The number of rotatable bonds is 4. The van der Waals surface area contributed by atoms with Crippen LogP contribution in [0.4, 0.5) is 0 Å². The van der Waals surface area contributed by atoms with Crippen molar-refractivity contribution in [1.82, 2.24) is 9.97 Å². The molecule has 0 saturated heterocycles. The maximum Gasteiger partial charge on any atom is 0.259 e. The molecule has 0 amide bonds. The molecule has 0 fully saturated rings. The van der Waals surface area contributed by atoms with Crippen LogP contribution in [0, 0.1) is 0 Å². The van der Waals surface area contributed by atoms with Crippen LogP contribution in [-0.4, -0.2) is 23.3 Å². The summed E-state index contributed by atoms with van der Waals surface area (Å²) < 4.78 is 5.25. The van der Waals surface area contributed by atoms with Crippen molar-refractivity contribution in [2.24, 2.45) is 5.16 Å². The Morgan fingerprint density at radius 1 is 1.00 bits per heavy atom. The third-order valence-electron chi connectivity index (χ3n) is 2.98. The lowest BCUT2D eigenvalue weighted by atomic mass is 10.2. The van der Waals surface area contributed by atoms with Gasteiger partial charge in [0.1, 0.15) is 12.1 Å². The summed E-state index contributed by atoms with van der Waals surface area (Å²) in [5, 5.41) is 4.79. The van der Waals surface area contributed by atoms with E-state index in [0.29, 0.717) is 5.88 Å². The van der Waals surface area contributed by atoms with E-state index in [1.54, 1.807) is 13.3 Å². The summed E-state index contributed by atoms with van der Waals surface area (Å²) in [5.74, 6) is 1.16. The molecule has 0 aliphatic heterocycles. The topological polar surface area (TPSA) is 56.6 Å². The van der Waals surface area contributed by atoms with Crippen LogP contribution < -0.4 is 9.57 Å². The Hall–Kier alpha value is -2.95. The number of benzene rings is 2. The van der Waals surface area contributed by atoms with Crippen molar-refractivity contribution in [3.63, 3.8) is 0 Å². The number of ether oxygens (including phenoxy) is 1. The molecule has 21 heavy (non-hydrogen) atoms. The molecule has 5 nitrogen and oxygen atoms in total. The lowest BCUT2D eigenvalue weighted by Gasteiger charge is -2.03. The second kappa shape index (κ2) is 6.00. The molecule has 3 rings (SSSR count). The number of para-hydroxylation sites is 2. The summed E-state index contributed by atoms with van der Waals surface area (Å²) in [5.41, 5.74) is 1.65. The molecule has 0 saturated carbocycles. The van der Waals surface area contributed by atoms with Crippen LogP contribution in [0.15, 0.2) is 60.0 Å². The van der Waals surface area contributed by atoms with E-state index in [2.05, 4.69) is 15.1 Å². The van der Waals surface area contributed by atoms with E-state index in [4.69, 9.17) is 9.57 Å². The average Bonchev–Trinajstić information content (AvgIpc) is 2.55. The average molecular weight is 279 g/mol. The fraction of sp³-hybridized carbons (Fsp3) is 0.0625. The first-order chi connectivity index (χ1) is 10.4. The number of hydrogen-bond donors (Lipinski definition) is 0. The Balaban J connectivity index is 1.85. The number of aromatic nitrogens is 2. The molecular formula is C16H13N3O2. The highest BCUT2D eigenvalue weighted by Crippen LogP contribution is 2.21. The van der Waals surface area contributed by atoms with Crippen molar-refractivity contribution in [2.75, 3.05) is 7.11 Å². The van der Waals surface area contributed by atoms with Gasteiger partial charge < -0.3 is 9.57 Å². The van der Waals surface area contributed by atoms with E-state index in [9.17, 15) is 0 Å². The minimum Gasteiger partial charge on any atom is -0.496 e. The molecule has 2 aromatic carbocycles. The van der Waals surface area contributed by atoms with E-state index in [0.717, 1.165) is 22.2 Å². The highest BCUT2D eigenvalue weighted by atomic mass is 16.6. The number of oxime groups is 1. The molecular weight excluding hydrogens is 266 g/mol. The van der Waals surface area contributed by atoms with Crippen molar-refractivity contribution in [3.05, 3.63) is 60.4 Å². The van der Waals surface area contributed by atoms with Gasteiger partial charge in [-0.2, -0.15) is 4.98 Å². The zero-order chi connectivity index (χ0) is 14.5. The smallest absolute Gasteiger partial charge is 0.259 e. The van der Waals surface area contributed by atoms with Gasteiger partial charge in [-0.1, -0.05) is 29.4 Å². The molecule has 0 N–H and O–H groups in total. The van der Waals surface area contributed by atoms with Crippen molar-refractivity contribution >= 4 is 17.1 Å². The molecule has 0 radical (unpaired) electrons. The monoisotopic (exact) mass is 279 g/mol.